The van der Waals surface area contributed by atoms with Gasteiger partial charge in [-0.25, -0.2) is 9.50 Å². The summed E-state index contributed by atoms with van der Waals surface area (Å²) >= 11 is 0. The zero-order valence-electron chi connectivity index (χ0n) is 16.3. The lowest BCUT2D eigenvalue weighted by atomic mass is 10.0. The van der Waals surface area contributed by atoms with Gasteiger partial charge in [0.05, 0.1) is 13.2 Å². The maximum atomic E-state index is 12.9. The van der Waals surface area contributed by atoms with E-state index in [9.17, 15) is 18.0 Å². The second-order valence-electron chi connectivity index (χ2n) is 7.39. The second-order valence-corrected chi connectivity index (χ2v) is 7.39. The molecule has 2 aromatic heterocycles. The van der Waals surface area contributed by atoms with Gasteiger partial charge in [0.15, 0.2) is 5.79 Å². The van der Waals surface area contributed by atoms with Crippen LogP contribution in [0.15, 0.2) is 0 Å². The Morgan fingerprint density at radius 3 is 2.41 bits per heavy atom. The van der Waals surface area contributed by atoms with Crippen molar-refractivity contribution < 1.29 is 27.4 Å². The lowest BCUT2D eigenvalue weighted by Crippen LogP contribution is -2.47. The van der Waals surface area contributed by atoms with Crippen molar-refractivity contribution >= 4 is 11.7 Å². The third-order valence-electron chi connectivity index (χ3n) is 5.58. The van der Waals surface area contributed by atoms with Crippen molar-refractivity contribution in [1.82, 2.24) is 24.5 Å². The Morgan fingerprint density at radius 2 is 1.79 bits per heavy atom. The molecule has 0 N–H and O–H groups in total. The molecular weight excluding hydrogens is 391 g/mol. The van der Waals surface area contributed by atoms with E-state index in [0.717, 1.165) is 4.52 Å². The quantitative estimate of drug-likeness (QED) is 0.766. The van der Waals surface area contributed by atoms with E-state index in [1.54, 1.807) is 18.7 Å². The third-order valence-corrected chi connectivity index (χ3v) is 5.58. The number of hydrogen-bond acceptors (Lipinski definition) is 6. The van der Waals surface area contributed by atoms with Gasteiger partial charge in [-0.05, 0) is 25.8 Å². The average molecular weight is 413 g/mol. The monoisotopic (exact) mass is 413 g/mol. The number of piperidine rings is 1. The number of aryl methyl sites for hydroxylation is 2. The number of carbonyl (C=O) groups excluding carboxylic acids is 1. The standard InChI is InChI=1S/C18H22F3N5O3/c1-11-13(12(2)26-16(22-11)23-15(24-26)18(19,20)21)3-4-14(27)25-7-5-17(6-8-25)28-9-10-29-17/h3-10H2,1-2H3. The SMILES string of the molecule is Cc1nc2nc(C(F)(F)F)nn2c(C)c1CCC(=O)N1CCC2(CC1)OCCO2. The van der Waals surface area contributed by atoms with Gasteiger partial charge < -0.3 is 14.4 Å². The molecule has 1 amide bonds. The highest BCUT2D eigenvalue weighted by Crippen LogP contribution is 2.31. The highest BCUT2D eigenvalue weighted by molar-refractivity contribution is 5.76. The molecule has 0 unspecified atom stereocenters. The Morgan fingerprint density at radius 1 is 1.14 bits per heavy atom. The number of hydrogen-bond donors (Lipinski definition) is 0. The summed E-state index contributed by atoms with van der Waals surface area (Å²) in [6, 6.07) is 0. The summed E-state index contributed by atoms with van der Waals surface area (Å²) in [6.07, 6.45) is -2.74. The van der Waals surface area contributed by atoms with Crippen LogP contribution in [0.2, 0.25) is 0 Å². The smallest absolute Gasteiger partial charge is 0.347 e. The van der Waals surface area contributed by atoms with E-state index < -0.39 is 17.8 Å². The Balaban J connectivity index is 1.44. The fourth-order valence-electron chi connectivity index (χ4n) is 3.96. The van der Waals surface area contributed by atoms with Crippen molar-refractivity contribution in [3.05, 3.63) is 22.8 Å². The van der Waals surface area contributed by atoms with Crippen molar-refractivity contribution in [3.63, 3.8) is 0 Å². The molecule has 0 aliphatic carbocycles. The molecule has 0 aromatic carbocycles. The molecule has 1 spiro atoms. The Bertz CT molecular complexity index is 927. The van der Waals surface area contributed by atoms with Crippen LogP contribution in [0.25, 0.3) is 5.78 Å². The van der Waals surface area contributed by atoms with E-state index in [0.29, 0.717) is 62.5 Å². The average Bonchev–Trinajstić information content (AvgIpc) is 3.29. The lowest BCUT2D eigenvalue weighted by molar-refractivity contribution is -0.187. The van der Waals surface area contributed by atoms with Crippen molar-refractivity contribution in [2.24, 2.45) is 0 Å². The number of halogens is 3. The number of amides is 1. The highest BCUT2D eigenvalue weighted by atomic mass is 19.4. The predicted octanol–water partition coefficient (Wildman–Crippen LogP) is 2.06. The fraction of sp³-hybridized carbons (Fsp3) is 0.667. The lowest BCUT2D eigenvalue weighted by Gasteiger charge is -2.37. The normalized spacial score (nSPS) is 19.4. The van der Waals surface area contributed by atoms with Crippen molar-refractivity contribution in [3.8, 4) is 0 Å². The maximum Gasteiger partial charge on any atom is 0.453 e. The summed E-state index contributed by atoms with van der Waals surface area (Å²) in [5, 5.41) is 3.54. The Labute approximate surface area is 165 Å². The largest absolute Gasteiger partial charge is 0.453 e. The summed E-state index contributed by atoms with van der Waals surface area (Å²) in [7, 11) is 0. The van der Waals surface area contributed by atoms with E-state index in [4.69, 9.17) is 9.47 Å². The summed E-state index contributed by atoms with van der Waals surface area (Å²) in [5.74, 6) is -1.87. The molecule has 2 aliphatic rings. The number of aromatic nitrogens is 4. The minimum atomic E-state index is -4.64. The molecule has 2 fully saturated rings. The molecule has 0 saturated carbocycles. The number of likely N-dealkylation sites (tertiary alicyclic amines) is 1. The van der Waals surface area contributed by atoms with Gasteiger partial charge in [0.1, 0.15) is 0 Å². The van der Waals surface area contributed by atoms with E-state index in [1.807, 2.05) is 0 Å². The number of ether oxygens (including phenoxy) is 2. The molecule has 0 atom stereocenters. The van der Waals surface area contributed by atoms with Crippen LogP contribution in [-0.2, 0) is 26.9 Å². The molecule has 4 heterocycles. The van der Waals surface area contributed by atoms with Crippen LogP contribution < -0.4 is 0 Å². The highest BCUT2D eigenvalue weighted by Gasteiger charge is 2.40. The van der Waals surface area contributed by atoms with Crippen LogP contribution in [0.4, 0.5) is 13.2 Å². The molecule has 8 nitrogen and oxygen atoms in total. The van der Waals surface area contributed by atoms with Gasteiger partial charge in [0.25, 0.3) is 11.6 Å². The van der Waals surface area contributed by atoms with E-state index >= 15 is 0 Å². The third kappa shape index (κ3) is 3.80. The first-order valence-electron chi connectivity index (χ1n) is 9.54. The molecular formula is C18H22F3N5O3. The summed E-state index contributed by atoms with van der Waals surface area (Å²) in [6.45, 7) is 5.66. The first kappa shape index (κ1) is 20.0. The molecule has 2 aliphatic heterocycles. The zero-order chi connectivity index (χ0) is 20.8. The number of nitrogens with zero attached hydrogens (tertiary/aromatic N) is 5. The van der Waals surface area contributed by atoms with Crippen LogP contribution in [-0.4, -0.2) is 62.5 Å². The summed E-state index contributed by atoms with van der Waals surface area (Å²) in [4.78, 5) is 22.0. The molecule has 158 valence electrons. The number of alkyl halides is 3. The molecule has 2 saturated heterocycles. The predicted molar refractivity (Wildman–Crippen MR) is 94.0 cm³/mol. The van der Waals surface area contributed by atoms with E-state index in [1.165, 1.54) is 0 Å². The molecule has 0 bridgehead atoms. The number of fused-ring (bicyclic) bond motifs is 1. The van der Waals surface area contributed by atoms with Gasteiger partial charge in [0, 0.05) is 43.7 Å². The van der Waals surface area contributed by atoms with Crippen LogP contribution in [0, 0.1) is 13.8 Å². The fourth-order valence-corrected chi connectivity index (χ4v) is 3.96. The molecule has 0 radical (unpaired) electrons. The van der Waals surface area contributed by atoms with Crippen molar-refractivity contribution in [2.75, 3.05) is 26.3 Å². The van der Waals surface area contributed by atoms with Crippen LogP contribution in [0.5, 0.6) is 0 Å². The van der Waals surface area contributed by atoms with Crippen molar-refractivity contribution in [2.45, 2.75) is 51.5 Å². The Kier molecular flexibility index (Phi) is 4.97. The van der Waals surface area contributed by atoms with Gasteiger partial charge in [-0.15, -0.1) is 5.10 Å². The second kappa shape index (κ2) is 7.21. The maximum absolute atomic E-state index is 12.9. The zero-order valence-corrected chi connectivity index (χ0v) is 16.3. The van der Waals surface area contributed by atoms with Crippen LogP contribution in [0.1, 0.15) is 42.0 Å². The minimum Gasteiger partial charge on any atom is -0.347 e. The van der Waals surface area contributed by atoms with E-state index in [-0.39, 0.29) is 18.1 Å². The number of rotatable bonds is 3. The van der Waals surface area contributed by atoms with Gasteiger partial charge in [-0.1, -0.05) is 0 Å². The van der Waals surface area contributed by atoms with Gasteiger partial charge >= 0.3 is 6.18 Å². The first-order chi connectivity index (χ1) is 13.7. The minimum absolute atomic E-state index is 0.00804. The van der Waals surface area contributed by atoms with Crippen LogP contribution >= 0.6 is 0 Å². The molecule has 29 heavy (non-hydrogen) atoms. The number of carbonyl (C=O) groups is 1. The van der Waals surface area contributed by atoms with Crippen molar-refractivity contribution in [1.29, 1.82) is 0 Å². The molecule has 2 aromatic rings. The van der Waals surface area contributed by atoms with Gasteiger partial charge in [0.2, 0.25) is 5.91 Å². The van der Waals surface area contributed by atoms with Crippen LogP contribution in [0.3, 0.4) is 0 Å². The Hall–Kier alpha value is -2.27. The molecule has 11 heteroatoms. The van der Waals surface area contributed by atoms with Gasteiger partial charge in [-0.3, -0.25) is 4.79 Å². The first-order valence-corrected chi connectivity index (χ1v) is 9.54. The topological polar surface area (TPSA) is 81.9 Å². The molecule has 4 rings (SSSR count). The summed E-state index contributed by atoms with van der Waals surface area (Å²) < 4.78 is 51.1. The summed E-state index contributed by atoms with van der Waals surface area (Å²) in [5.41, 5.74) is 1.77. The van der Waals surface area contributed by atoms with E-state index in [2.05, 4.69) is 15.1 Å². The van der Waals surface area contributed by atoms with Gasteiger partial charge in [-0.2, -0.15) is 18.2 Å².